The molecular weight excluding hydrogens is 629 g/mol. The van der Waals surface area contributed by atoms with Crippen LogP contribution in [-0.4, -0.2) is 78.8 Å². The third kappa shape index (κ3) is 9.65. The maximum atomic E-state index is 13.9. The molecular formula is C30H35F7N4O3S. The van der Waals surface area contributed by atoms with Gasteiger partial charge in [-0.2, -0.15) is 38.1 Å². The van der Waals surface area contributed by atoms with E-state index >= 15 is 0 Å². The van der Waals surface area contributed by atoms with Crippen molar-refractivity contribution in [1.82, 2.24) is 20.4 Å². The summed E-state index contributed by atoms with van der Waals surface area (Å²) in [5, 5.41) is 5.67. The van der Waals surface area contributed by atoms with E-state index in [0.29, 0.717) is 75.7 Å². The highest BCUT2D eigenvalue weighted by Crippen LogP contribution is 2.38. The van der Waals surface area contributed by atoms with Crippen molar-refractivity contribution in [2.75, 3.05) is 51.7 Å². The van der Waals surface area contributed by atoms with Gasteiger partial charge in [0.15, 0.2) is 0 Å². The molecule has 0 aliphatic carbocycles. The SMILES string of the molecule is Cc1cc(F)ccc1[C@H]1C[C@@H](SCCNC(=O)N2CCOCC2)CCN1C(=O)NCCc1cc(C(F)(F)F)cc(C(F)(F)F)c1. The van der Waals surface area contributed by atoms with E-state index in [9.17, 15) is 40.3 Å². The van der Waals surface area contributed by atoms with E-state index < -0.39 is 41.4 Å². The van der Waals surface area contributed by atoms with Crippen molar-refractivity contribution in [2.45, 2.75) is 49.8 Å². The van der Waals surface area contributed by atoms with Gasteiger partial charge in [0.25, 0.3) is 0 Å². The Labute approximate surface area is 260 Å². The molecule has 0 radical (unpaired) electrons. The second-order valence-electron chi connectivity index (χ2n) is 11.0. The number of ether oxygens (including phenoxy) is 1. The molecule has 15 heteroatoms. The number of benzene rings is 2. The van der Waals surface area contributed by atoms with Crippen LogP contribution in [0.3, 0.4) is 0 Å². The van der Waals surface area contributed by atoms with Crippen LogP contribution in [0.15, 0.2) is 36.4 Å². The maximum absolute atomic E-state index is 13.9. The molecule has 2 saturated heterocycles. The molecule has 2 fully saturated rings. The minimum atomic E-state index is -4.96. The number of amides is 4. The molecule has 0 unspecified atom stereocenters. The smallest absolute Gasteiger partial charge is 0.378 e. The Hall–Kier alpha value is -3.20. The molecule has 2 aromatic carbocycles. The molecule has 2 N–H and O–H groups in total. The number of likely N-dealkylation sites (tertiary alicyclic amines) is 1. The fourth-order valence-corrected chi connectivity index (χ4v) is 6.62. The molecule has 4 rings (SSSR count). The Morgan fingerprint density at radius 2 is 1.56 bits per heavy atom. The Kier molecular flexibility index (Phi) is 11.5. The lowest BCUT2D eigenvalue weighted by Gasteiger charge is -2.40. The summed E-state index contributed by atoms with van der Waals surface area (Å²) in [5.74, 6) is 0.211. The first kappa shape index (κ1) is 34.7. The average molecular weight is 665 g/mol. The summed E-state index contributed by atoms with van der Waals surface area (Å²) in [6.45, 7) is 4.40. The van der Waals surface area contributed by atoms with Crippen LogP contribution in [0.1, 0.15) is 46.7 Å². The number of halogens is 7. The molecule has 2 atom stereocenters. The van der Waals surface area contributed by atoms with Gasteiger partial charge in [-0.3, -0.25) is 0 Å². The van der Waals surface area contributed by atoms with Crippen LogP contribution in [0.5, 0.6) is 0 Å². The topological polar surface area (TPSA) is 73.9 Å². The molecule has 2 aromatic rings. The fraction of sp³-hybridized carbons (Fsp3) is 0.533. The van der Waals surface area contributed by atoms with Gasteiger partial charge in [-0.05, 0) is 73.2 Å². The van der Waals surface area contributed by atoms with Crippen molar-refractivity contribution in [3.63, 3.8) is 0 Å². The predicted octanol–water partition coefficient (Wildman–Crippen LogP) is 6.40. The zero-order valence-electron chi connectivity index (χ0n) is 24.6. The molecule has 0 saturated carbocycles. The molecule has 2 aliphatic heterocycles. The van der Waals surface area contributed by atoms with Gasteiger partial charge in [-0.15, -0.1) is 0 Å². The van der Waals surface area contributed by atoms with Gasteiger partial charge >= 0.3 is 24.4 Å². The minimum absolute atomic E-state index is 0.0674. The molecule has 0 spiro atoms. The normalized spacial score (nSPS) is 19.4. The van der Waals surface area contributed by atoms with Crippen molar-refractivity contribution in [3.05, 3.63) is 70.0 Å². The molecule has 0 aromatic heterocycles. The first-order valence-electron chi connectivity index (χ1n) is 14.5. The van der Waals surface area contributed by atoms with Crippen LogP contribution in [-0.2, 0) is 23.5 Å². The van der Waals surface area contributed by atoms with E-state index in [4.69, 9.17) is 4.74 Å². The van der Waals surface area contributed by atoms with Gasteiger partial charge in [-0.25, -0.2) is 14.0 Å². The number of carbonyl (C=O) groups excluding carboxylic acids is 2. The molecule has 2 heterocycles. The highest BCUT2D eigenvalue weighted by Gasteiger charge is 2.37. The molecule has 0 bridgehead atoms. The summed E-state index contributed by atoms with van der Waals surface area (Å²) < 4.78 is 98.6. The number of piperidine rings is 1. The van der Waals surface area contributed by atoms with Gasteiger partial charge in [0, 0.05) is 43.7 Å². The maximum Gasteiger partial charge on any atom is 0.416 e. The van der Waals surface area contributed by atoms with Gasteiger partial charge in [-0.1, -0.05) is 6.07 Å². The van der Waals surface area contributed by atoms with Crippen LogP contribution in [0.25, 0.3) is 0 Å². The van der Waals surface area contributed by atoms with E-state index in [1.54, 1.807) is 34.6 Å². The summed E-state index contributed by atoms with van der Waals surface area (Å²) in [6, 6.07) is 4.56. The number of morpholine rings is 1. The Bertz CT molecular complexity index is 1300. The monoisotopic (exact) mass is 664 g/mol. The number of hydrogen-bond acceptors (Lipinski definition) is 4. The van der Waals surface area contributed by atoms with Crippen molar-refractivity contribution < 1.29 is 45.1 Å². The molecule has 7 nitrogen and oxygen atoms in total. The van der Waals surface area contributed by atoms with E-state index in [2.05, 4.69) is 10.6 Å². The number of carbonyl (C=O) groups is 2. The van der Waals surface area contributed by atoms with Gasteiger partial charge in [0.05, 0.1) is 30.4 Å². The van der Waals surface area contributed by atoms with Crippen LogP contribution < -0.4 is 10.6 Å². The van der Waals surface area contributed by atoms with Crippen molar-refractivity contribution in [3.8, 4) is 0 Å². The lowest BCUT2D eigenvalue weighted by atomic mass is 9.92. The van der Waals surface area contributed by atoms with E-state index in [-0.39, 0.29) is 35.9 Å². The summed E-state index contributed by atoms with van der Waals surface area (Å²) in [7, 11) is 0. The molecule has 4 amide bonds. The highest BCUT2D eigenvalue weighted by molar-refractivity contribution is 7.99. The van der Waals surface area contributed by atoms with Crippen LogP contribution in [0.2, 0.25) is 0 Å². The van der Waals surface area contributed by atoms with E-state index in [1.807, 2.05) is 0 Å². The number of nitrogens with one attached hydrogen (secondary N) is 2. The van der Waals surface area contributed by atoms with Crippen LogP contribution in [0, 0.1) is 12.7 Å². The van der Waals surface area contributed by atoms with Gasteiger partial charge < -0.3 is 25.2 Å². The predicted molar refractivity (Wildman–Crippen MR) is 155 cm³/mol. The molecule has 45 heavy (non-hydrogen) atoms. The second kappa shape index (κ2) is 14.9. The number of alkyl halides is 6. The van der Waals surface area contributed by atoms with Gasteiger partial charge in [0.1, 0.15) is 5.82 Å². The quantitative estimate of drug-likeness (QED) is 0.253. The average Bonchev–Trinajstić information content (AvgIpc) is 2.98. The Morgan fingerprint density at radius 3 is 2.18 bits per heavy atom. The summed E-state index contributed by atoms with van der Waals surface area (Å²) in [6.07, 6.45) is -9.02. The van der Waals surface area contributed by atoms with Crippen LogP contribution in [0.4, 0.5) is 40.3 Å². The highest BCUT2D eigenvalue weighted by atomic mass is 32.2. The van der Waals surface area contributed by atoms with Crippen molar-refractivity contribution in [1.29, 1.82) is 0 Å². The Balaban J connectivity index is 1.38. The summed E-state index contributed by atoms with van der Waals surface area (Å²) in [5.41, 5.74) is -1.65. The third-order valence-corrected chi connectivity index (χ3v) is 9.11. The summed E-state index contributed by atoms with van der Waals surface area (Å²) >= 11 is 1.65. The zero-order valence-corrected chi connectivity index (χ0v) is 25.4. The number of hydrogen-bond donors (Lipinski definition) is 2. The molecule has 248 valence electrons. The van der Waals surface area contributed by atoms with Crippen molar-refractivity contribution in [2.24, 2.45) is 0 Å². The van der Waals surface area contributed by atoms with Crippen molar-refractivity contribution >= 4 is 23.8 Å². The number of aryl methyl sites for hydroxylation is 1. The lowest BCUT2D eigenvalue weighted by Crippen LogP contribution is -2.48. The largest absolute Gasteiger partial charge is 0.416 e. The minimum Gasteiger partial charge on any atom is -0.378 e. The lowest BCUT2D eigenvalue weighted by molar-refractivity contribution is -0.143. The first-order chi connectivity index (χ1) is 21.2. The zero-order chi connectivity index (χ0) is 32.8. The van der Waals surface area contributed by atoms with Crippen LogP contribution >= 0.6 is 11.8 Å². The second-order valence-corrected chi connectivity index (χ2v) is 12.4. The number of thioether (sulfide) groups is 1. The van der Waals surface area contributed by atoms with E-state index in [1.165, 1.54) is 12.1 Å². The summed E-state index contributed by atoms with van der Waals surface area (Å²) in [4.78, 5) is 28.9. The first-order valence-corrected chi connectivity index (χ1v) is 15.6. The number of rotatable bonds is 8. The van der Waals surface area contributed by atoms with E-state index in [0.717, 1.165) is 5.56 Å². The number of urea groups is 2. The Morgan fingerprint density at radius 1 is 0.911 bits per heavy atom. The van der Waals surface area contributed by atoms with Gasteiger partial charge in [0.2, 0.25) is 0 Å². The molecule has 2 aliphatic rings. The fourth-order valence-electron chi connectivity index (χ4n) is 5.48. The number of nitrogens with zero attached hydrogens (tertiary/aromatic N) is 2. The standard InChI is InChI=1S/C30H35F7N4O3S/c1-19-14-23(31)2-3-25(19)26-18-24(45-13-7-39-27(42)40-9-11-44-12-10-40)5-8-41(26)28(43)38-6-4-20-15-21(29(32,33)34)17-22(16-20)30(35,36)37/h2-3,14-17,24,26H,4-13,18H2,1H3,(H,38,43)(H,39,42)/t24-,26+/m0/s1. The third-order valence-electron chi connectivity index (χ3n) is 7.77.